The average Bonchev–Trinajstić information content (AvgIpc) is 2.85. The molecule has 3 unspecified atom stereocenters. The molecular weight excluding hydrogens is 547 g/mol. The van der Waals surface area contributed by atoms with Gasteiger partial charge in [-0.1, -0.05) is 77.1 Å². The Balaban J connectivity index is 2.17. The number of amides is 2. The van der Waals surface area contributed by atoms with Gasteiger partial charge in [0.15, 0.2) is 0 Å². The topological polar surface area (TPSA) is 128 Å². The zero-order valence-corrected chi connectivity index (χ0v) is 25.7. The summed E-state index contributed by atoms with van der Waals surface area (Å²) in [5, 5.41) is 19.9. The number of hydrogen-bond acceptors (Lipinski definition) is 6. The Bertz CT molecular complexity index is 1230. The number of sulfonamides is 1. The lowest BCUT2D eigenvalue weighted by atomic mass is 9.85. The van der Waals surface area contributed by atoms with Crippen LogP contribution in [0.2, 0.25) is 0 Å². The second-order valence-electron chi connectivity index (χ2n) is 11.9. The van der Waals surface area contributed by atoms with E-state index in [-0.39, 0.29) is 44.3 Å². The zero-order chi connectivity index (χ0) is 30.8. The fraction of sp³-hybridized carbons (Fsp3) is 0.533. The smallest absolute Gasteiger partial charge is 0.243 e. The molecule has 228 valence electrons. The van der Waals surface area contributed by atoms with Crippen LogP contribution in [0.15, 0.2) is 54.6 Å². The Morgan fingerprint density at radius 3 is 2.17 bits per heavy atom. The summed E-state index contributed by atoms with van der Waals surface area (Å²) in [5.41, 5.74) is 0.854. The molecule has 0 spiro atoms. The van der Waals surface area contributed by atoms with E-state index in [0.29, 0.717) is 5.56 Å². The monoisotopic (exact) mass is 592 g/mol. The fourth-order valence-electron chi connectivity index (χ4n) is 4.36. The molecule has 2 amide bonds. The zero-order valence-electron chi connectivity index (χ0n) is 24.9. The fourth-order valence-corrected chi connectivity index (χ4v) is 5.35. The van der Waals surface area contributed by atoms with Gasteiger partial charge in [0.05, 0.1) is 24.9 Å². The standard InChI is InChI=1S/C30H45FN4O5S/c1-21(2)19-35(41(6,39)40)20-26(36)25(16-22-11-8-7-9-12-22)33-29(38)28(30(3,4)5)34-27(37)18-32-17-23-13-10-14-24(31)15-23/h7-15,21,25-26,28,32,36H,16-20H2,1-6H3,(H,33,38)(H,34,37). The number of nitrogens with one attached hydrogen (secondary N) is 3. The molecule has 0 radical (unpaired) electrons. The highest BCUT2D eigenvalue weighted by atomic mass is 32.2. The first-order valence-electron chi connectivity index (χ1n) is 13.8. The summed E-state index contributed by atoms with van der Waals surface area (Å²) < 4.78 is 39.5. The van der Waals surface area contributed by atoms with Crippen LogP contribution in [0.3, 0.4) is 0 Å². The molecular formula is C30H45FN4O5S. The maximum absolute atomic E-state index is 13.6. The molecule has 0 aromatic heterocycles. The van der Waals surface area contributed by atoms with Crippen LogP contribution in [0.25, 0.3) is 0 Å². The van der Waals surface area contributed by atoms with E-state index >= 15 is 0 Å². The van der Waals surface area contributed by atoms with Gasteiger partial charge in [0, 0.05) is 19.6 Å². The van der Waals surface area contributed by atoms with Gasteiger partial charge < -0.3 is 21.1 Å². The number of aliphatic hydroxyl groups is 1. The van der Waals surface area contributed by atoms with E-state index in [2.05, 4.69) is 16.0 Å². The maximum atomic E-state index is 13.6. The van der Waals surface area contributed by atoms with Gasteiger partial charge in [-0.15, -0.1) is 0 Å². The van der Waals surface area contributed by atoms with Crippen LogP contribution in [0.1, 0.15) is 45.7 Å². The van der Waals surface area contributed by atoms with Crippen molar-refractivity contribution < 1.29 is 27.5 Å². The van der Waals surface area contributed by atoms with Crippen LogP contribution in [0, 0.1) is 17.2 Å². The van der Waals surface area contributed by atoms with E-state index < -0.39 is 45.4 Å². The minimum absolute atomic E-state index is 0.0362. The summed E-state index contributed by atoms with van der Waals surface area (Å²) in [4.78, 5) is 26.4. The van der Waals surface area contributed by atoms with Crippen molar-refractivity contribution in [2.24, 2.45) is 11.3 Å². The van der Waals surface area contributed by atoms with Crippen LogP contribution in [-0.4, -0.2) is 73.7 Å². The number of carbonyl (C=O) groups excluding carboxylic acids is 2. The molecule has 3 atom stereocenters. The van der Waals surface area contributed by atoms with Crippen molar-refractivity contribution in [3.05, 3.63) is 71.5 Å². The molecule has 9 nitrogen and oxygen atoms in total. The Morgan fingerprint density at radius 2 is 1.61 bits per heavy atom. The highest BCUT2D eigenvalue weighted by Gasteiger charge is 2.36. The van der Waals surface area contributed by atoms with Gasteiger partial charge in [0.1, 0.15) is 11.9 Å². The van der Waals surface area contributed by atoms with E-state index in [1.54, 1.807) is 12.1 Å². The maximum Gasteiger partial charge on any atom is 0.243 e. The Hall–Kier alpha value is -2.86. The lowest BCUT2D eigenvalue weighted by Crippen LogP contribution is -2.59. The predicted octanol–water partition coefficient (Wildman–Crippen LogP) is 2.45. The van der Waals surface area contributed by atoms with Gasteiger partial charge in [0.25, 0.3) is 0 Å². The summed E-state index contributed by atoms with van der Waals surface area (Å²) in [5.74, 6) is -1.24. The highest BCUT2D eigenvalue weighted by Crippen LogP contribution is 2.20. The molecule has 0 saturated heterocycles. The van der Waals surface area contributed by atoms with Gasteiger partial charge in [-0.05, 0) is 41.0 Å². The number of hydrogen-bond donors (Lipinski definition) is 4. The van der Waals surface area contributed by atoms with Crippen molar-refractivity contribution in [3.8, 4) is 0 Å². The summed E-state index contributed by atoms with van der Waals surface area (Å²) >= 11 is 0. The first-order valence-corrected chi connectivity index (χ1v) is 15.6. The van der Waals surface area contributed by atoms with Gasteiger partial charge in [-0.3, -0.25) is 9.59 Å². The number of carbonyl (C=O) groups is 2. The molecule has 2 aromatic carbocycles. The van der Waals surface area contributed by atoms with E-state index in [9.17, 15) is 27.5 Å². The third-order valence-corrected chi connectivity index (χ3v) is 7.69. The van der Waals surface area contributed by atoms with Crippen LogP contribution in [0.4, 0.5) is 4.39 Å². The normalized spacial score (nSPS) is 14.5. The summed E-state index contributed by atoms with van der Waals surface area (Å²) in [6.07, 6.45) is 0.143. The summed E-state index contributed by atoms with van der Waals surface area (Å²) in [6.45, 7) is 9.43. The van der Waals surface area contributed by atoms with Crippen molar-refractivity contribution in [1.82, 2.24) is 20.3 Å². The van der Waals surface area contributed by atoms with Crippen molar-refractivity contribution in [1.29, 1.82) is 0 Å². The van der Waals surface area contributed by atoms with Gasteiger partial charge >= 0.3 is 0 Å². The first-order chi connectivity index (χ1) is 19.1. The molecule has 4 N–H and O–H groups in total. The summed E-state index contributed by atoms with van der Waals surface area (Å²) in [7, 11) is -3.60. The Kier molecular flexibility index (Phi) is 12.9. The SMILES string of the molecule is CC(C)CN(CC(O)C(Cc1ccccc1)NC(=O)C(NC(=O)CNCc1cccc(F)c1)C(C)(C)C)S(C)(=O)=O. The molecule has 11 heteroatoms. The lowest BCUT2D eigenvalue weighted by molar-refractivity contribution is -0.132. The average molecular weight is 593 g/mol. The van der Waals surface area contributed by atoms with Crippen LogP contribution >= 0.6 is 0 Å². The largest absolute Gasteiger partial charge is 0.390 e. The molecule has 0 aliphatic rings. The molecule has 0 bridgehead atoms. The van der Waals surface area contributed by atoms with Crippen molar-refractivity contribution in [2.75, 3.05) is 25.9 Å². The number of halogens is 1. The Morgan fingerprint density at radius 1 is 0.976 bits per heavy atom. The lowest BCUT2D eigenvalue weighted by Gasteiger charge is -2.34. The second-order valence-corrected chi connectivity index (χ2v) is 13.9. The first kappa shape index (κ1) is 34.3. The minimum atomic E-state index is -3.60. The number of nitrogens with zero attached hydrogens (tertiary/aromatic N) is 1. The van der Waals surface area contributed by atoms with Gasteiger partial charge in [0.2, 0.25) is 21.8 Å². The molecule has 2 aromatic rings. The predicted molar refractivity (Wildman–Crippen MR) is 159 cm³/mol. The van der Waals surface area contributed by atoms with E-state index in [4.69, 9.17) is 0 Å². The van der Waals surface area contributed by atoms with Gasteiger partial charge in [-0.2, -0.15) is 4.31 Å². The van der Waals surface area contributed by atoms with Crippen molar-refractivity contribution in [3.63, 3.8) is 0 Å². The molecule has 0 heterocycles. The molecule has 0 saturated carbocycles. The quantitative estimate of drug-likeness (QED) is 0.252. The van der Waals surface area contributed by atoms with Crippen LogP contribution in [0.5, 0.6) is 0 Å². The third kappa shape index (κ3) is 12.3. The van der Waals surface area contributed by atoms with E-state index in [1.807, 2.05) is 65.0 Å². The highest BCUT2D eigenvalue weighted by molar-refractivity contribution is 7.88. The number of rotatable bonds is 15. The van der Waals surface area contributed by atoms with Crippen molar-refractivity contribution in [2.45, 2.75) is 65.8 Å². The molecule has 0 fully saturated rings. The second kappa shape index (κ2) is 15.4. The molecule has 2 rings (SSSR count). The third-order valence-electron chi connectivity index (χ3n) is 6.46. The number of aliphatic hydroxyl groups excluding tert-OH is 1. The Labute approximate surface area is 244 Å². The van der Waals surface area contributed by atoms with Crippen molar-refractivity contribution >= 4 is 21.8 Å². The van der Waals surface area contributed by atoms with Crippen LogP contribution in [-0.2, 0) is 32.6 Å². The number of benzene rings is 2. The van der Waals surface area contributed by atoms with Crippen LogP contribution < -0.4 is 16.0 Å². The molecule has 0 aliphatic carbocycles. The van der Waals surface area contributed by atoms with Gasteiger partial charge in [-0.25, -0.2) is 12.8 Å². The minimum Gasteiger partial charge on any atom is -0.390 e. The molecule has 0 aliphatic heterocycles. The van der Waals surface area contributed by atoms with E-state index in [0.717, 1.165) is 11.8 Å². The molecule has 41 heavy (non-hydrogen) atoms. The summed E-state index contributed by atoms with van der Waals surface area (Å²) in [6, 6.07) is 13.5. The van der Waals surface area contributed by atoms with E-state index in [1.165, 1.54) is 16.4 Å².